The summed E-state index contributed by atoms with van der Waals surface area (Å²) in [5.74, 6) is -0.648. The summed E-state index contributed by atoms with van der Waals surface area (Å²) >= 11 is 0. The predicted molar refractivity (Wildman–Crippen MR) is 83.0 cm³/mol. The van der Waals surface area contributed by atoms with Gasteiger partial charge in [-0.25, -0.2) is 9.36 Å². The van der Waals surface area contributed by atoms with Crippen molar-refractivity contribution in [3.63, 3.8) is 0 Å². The van der Waals surface area contributed by atoms with E-state index < -0.39 is 17.2 Å². The molecule has 0 aliphatic rings. The Morgan fingerprint density at radius 2 is 1.59 bits per heavy atom. The Bertz CT molecular complexity index is 971. The normalized spacial score (nSPS) is 10.7. The van der Waals surface area contributed by atoms with Crippen LogP contribution in [0.5, 0.6) is 0 Å². The SMILES string of the molecule is NC(=O)Cn1c(=O)n(-c2ccccc2)c(=O)c2ccccc21. The van der Waals surface area contributed by atoms with Crippen LogP contribution in [0, 0.1) is 0 Å². The molecule has 0 spiro atoms. The Labute approximate surface area is 125 Å². The van der Waals surface area contributed by atoms with Gasteiger partial charge in [-0.3, -0.25) is 14.2 Å². The van der Waals surface area contributed by atoms with Gasteiger partial charge in [-0.15, -0.1) is 0 Å². The zero-order valence-corrected chi connectivity index (χ0v) is 11.6. The molecule has 0 saturated heterocycles. The smallest absolute Gasteiger partial charge is 0.336 e. The summed E-state index contributed by atoms with van der Waals surface area (Å²) in [6.45, 7) is -0.285. The minimum atomic E-state index is -0.648. The molecule has 2 aromatic carbocycles. The van der Waals surface area contributed by atoms with Crippen molar-refractivity contribution < 1.29 is 4.79 Å². The van der Waals surface area contributed by atoms with Crippen molar-refractivity contribution in [3.05, 3.63) is 75.4 Å². The highest BCUT2D eigenvalue weighted by Gasteiger charge is 2.14. The first-order valence-corrected chi connectivity index (χ1v) is 6.68. The number of fused-ring (bicyclic) bond motifs is 1. The third-order valence-electron chi connectivity index (χ3n) is 3.38. The van der Waals surface area contributed by atoms with Crippen LogP contribution in [0.1, 0.15) is 0 Å². The average molecular weight is 295 g/mol. The number of rotatable bonds is 3. The van der Waals surface area contributed by atoms with Gasteiger partial charge in [-0.1, -0.05) is 30.3 Å². The van der Waals surface area contributed by atoms with Gasteiger partial charge in [0, 0.05) is 0 Å². The minimum absolute atomic E-state index is 0.285. The first kappa shape index (κ1) is 13.8. The van der Waals surface area contributed by atoms with Crippen LogP contribution in [0.15, 0.2) is 64.2 Å². The molecule has 3 aromatic rings. The van der Waals surface area contributed by atoms with Gasteiger partial charge in [0.2, 0.25) is 5.91 Å². The summed E-state index contributed by atoms with van der Waals surface area (Å²) in [6.07, 6.45) is 0. The van der Waals surface area contributed by atoms with Crippen LogP contribution in [0.4, 0.5) is 0 Å². The van der Waals surface area contributed by atoms with E-state index in [9.17, 15) is 14.4 Å². The van der Waals surface area contributed by atoms with Gasteiger partial charge in [0.15, 0.2) is 0 Å². The largest absolute Gasteiger partial charge is 0.368 e. The van der Waals surface area contributed by atoms with Crippen molar-refractivity contribution in [2.24, 2.45) is 5.73 Å². The van der Waals surface area contributed by atoms with Crippen LogP contribution in [0.2, 0.25) is 0 Å². The fourth-order valence-corrected chi connectivity index (χ4v) is 2.43. The van der Waals surface area contributed by atoms with Crippen LogP contribution in [-0.2, 0) is 11.3 Å². The van der Waals surface area contributed by atoms with Gasteiger partial charge in [0.25, 0.3) is 5.56 Å². The van der Waals surface area contributed by atoms with Gasteiger partial charge in [-0.2, -0.15) is 0 Å². The van der Waals surface area contributed by atoms with E-state index in [2.05, 4.69) is 0 Å². The summed E-state index contributed by atoms with van der Waals surface area (Å²) in [6, 6.07) is 15.2. The minimum Gasteiger partial charge on any atom is -0.368 e. The van der Waals surface area contributed by atoms with E-state index in [0.717, 1.165) is 4.57 Å². The topological polar surface area (TPSA) is 87.1 Å². The van der Waals surface area contributed by atoms with Crippen molar-refractivity contribution in [1.82, 2.24) is 9.13 Å². The molecule has 6 heteroatoms. The number of aromatic nitrogens is 2. The van der Waals surface area contributed by atoms with E-state index in [1.165, 1.54) is 4.57 Å². The molecule has 1 aromatic heterocycles. The molecule has 0 fully saturated rings. The maximum Gasteiger partial charge on any atom is 0.336 e. The molecule has 0 radical (unpaired) electrons. The quantitative estimate of drug-likeness (QED) is 0.769. The molecule has 6 nitrogen and oxygen atoms in total. The number of amides is 1. The summed E-state index contributed by atoms with van der Waals surface area (Å²) in [4.78, 5) is 36.6. The molecule has 22 heavy (non-hydrogen) atoms. The first-order chi connectivity index (χ1) is 10.6. The van der Waals surface area contributed by atoms with Crippen molar-refractivity contribution >= 4 is 16.8 Å². The second-order valence-electron chi connectivity index (χ2n) is 4.83. The zero-order valence-electron chi connectivity index (χ0n) is 11.6. The highest BCUT2D eigenvalue weighted by Crippen LogP contribution is 2.09. The molecule has 0 unspecified atom stereocenters. The molecule has 2 N–H and O–H groups in total. The Morgan fingerprint density at radius 1 is 0.955 bits per heavy atom. The second-order valence-corrected chi connectivity index (χ2v) is 4.83. The van der Waals surface area contributed by atoms with Gasteiger partial charge >= 0.3 is 5.69 Å². The summed E-state index contributed by atoms with van der Waals surface area (Å²) < 4.78 is 2.26. The van der Waals surface area contributed by atoms with Crippen molar-refractivity contribution in [2.45, 2.75) is 6.54 Å². The monoisotopic (exact) mass is 295 g/mol. The van der Waals surface area contributed by atoms with E-state index in [4.69, 9.17) is 5.73 Å². The number of hydrogen-bond donors (Lipinski definition) is 1. The number of primary amides is 1. The van der Waals surface area contributed by atoms with E-state index in [1.807, 2.05) is 0 Å². The molecule has 0 atom stereocenters. The fourth-order valence-electron chi connectivity index (χ4n) is 2.43. The lowest BCUT2D eigenvalue weighted by Gasteiger charge is -2.12. The number of hydrogen-bond acceptors (Lipinski definition) is 3. The maximum atomic E-state index is 12.7. The van der Waals surface area contributed by atoms with Gasteiger partial charge in [-0.05, 0) is 24.3 Å². The fraction of sp³-hybridized carbons (Fsp3) is 0.0625. The van der Waals surface area contributed by atoms with Crippen molar-refractivity contribution in [2.75, 3.05) is 0 Å². The zero-order chi connectivity index (χ0) is 15.7. The molecule has 0 aliphatic carbocycles. The predicted octanol–water partition coefficient (Wildman–Crippen LogP) is 0.638. The number of nitrogens with two attached hydrogens (primary N) is 1. The summed E-state index contributed by atoms with van der Waals surface area (Å²) in [7, 11) is 0. The number of nitrogens with zero attached hydrogens (tertiary/aromatic N) is 2. The molecular weight excluding hydrogens is 282 g/mol. The third-order valence-corrected chi connectivity index (χ3v) is 3.38. The van der Waals surface area contributed by atoms with E-state index in [-0.39, 0.29) is 6.54 Å². The standard InChI is InChI=1S/C16H13N3O3/c17-14(20)10-18-13-9-5-4-8-12(13)15(21)19(16(18)22)11-6-2-1-3-7-11/h1-9H,10H2,(H2,17,20). The summed E-state index contributed by atoms with van der Waals surface area (Å²) in [5, 5.41) is 0.354. The lowest BCUT2D eigenvalue weighted by molar-refractivity contribution is -0.118. The van der Waals surface area contributed by atoms with Crippen LogP contribution < -0.4 is 17.0 Å². The molecule has 0 aliphatic heterocycles. The third kappa shape index (κ3) is 2.20. The lowest BCUT2D eigenvalue weighted by atomic mass is 10.2. The Hall–Kier alpha value is -3.15. The number of carbonyl (C=O) groups excluding carboxylic acids is 1. The lowest BCUT2D eigenvalue weighted by Crippen LogP contribution is -2.40. The Kier molecular flexibility index (Phi) is 3.34. The van der Waals surface area contributed by atoms with Crippen molar-refractivity contribution in [1.29, 1.82) is 0 Å². The first-order valence-electron chi connectivity index (χ1n) is 6.68. The summed E-state index contributed by atoms with van der Waals surface area (Å²) in [5.41, 5.74) is 5.05. The number of carbonyl (C=O) groups is 1. The molecule has 0 saturated carbocycles. The van der Waals surface area contributed by atoms with Gasteiger partial charge < -0.3 is 5.73 Å². The number of benzene rings is 2. The van der Waals surface area contributed by atoms with Crippen LogP contribution >= 0.6 is 0 Å². The number of para-hydroxylation sites is 2. The molecule has 0 bridgehead atoms. The molecular formula is C16H13N3O3. The maximum absolute atomic E-state index is 12.7. The van der Waals surface area contributed by atoms with E-state index in [0.29, 0.717) is 16.6 Å². The van der Waals surface area contributed by atoms with E-state index >= 15 is 0 Å². The molecule has 3 rings (SSSR count). The second kappa shape index (κ2) is 5.33. The Morgan fingerprint density at radius 3 is 2.27 bits per heavy atom. The molecule has 110 valence electrons. The van der Waals surface area contributed by atoms with Crippen LogP contribution in [-0.4, -0.2) is 15.0 Å². The van der Waals surface area contributed by atoms with Crippen LogP contribution in [0.3, 0.4) is 0 Å². The van der Waals surface area contributed by atoms with Gasteiger partial charge in [0.05, 0.1) is 16.6 Å². The highest BCUT2D eigenvalue weighted by molar-refractivity contribution is 5.81. The van der Waals surface area contributed by atoms with E-state index in [1.54, 1.807) is 54.6 Å². The average Bonchev–Trinajstić information content (AvgIpc) is 2.52. The van der Waals surface area contributed by atoms with Gasteiger partial charge in [0.1, 0.15) is 6.54 Å². The molecule has 1 heterocycles. The van der Waals surface area contributed by atoms with Crippen molar-refractivity contribution in [3.8, 4) is 5.69 Å². The molecule has 1 amide bonds. The highest BCUT2D eigenvalue weighted by atomic mass is 16.2. The van der Waals surface area contributed by atoms with Crippen LogP contribution in [0.25, 0.3) is 16.6 Å². The Balaban J connectivity index is 2.46.